The molecular weight excluding hydrogens is 465 g/mol. The average molecular weight is 481 g/mol. The molecule has 2 aromatic carbocycles. The fourth-order valence-electron chi connectivity index (χ4n) is 2.70. The van der Waals surface area contributed by atoms with Gasteiger partial charge in [0.2, 0.25) is 5.88 Å². The van der Waals surface area contributed by atoms with E-state index in [0.29, 0.717) is 5.75 Å². The van der Waals surface area contributed by atoms with Crippen molar-refractivity contribution in [1.82, 2.24) is 10.3 Å². The van der Waals surface area contributed by atoms with Gasteiger partial charge in [-0.15, -0.1) is 0 Å². The SMILES string of the molecule is O=C(NCC(O)c1ccccc1C(F)(F)F)c1cccnc1Oc1ccc(Br)cc1. The summed E-state index contributed by atoms with van der Waals surface area (Å²) in [5, 5.41) is 12.7. The number of alkyl halides is 3. The van der Waals surface area contributed by atoms with Crippen LogP contribution in [0.25, 0.3) is 0 Å². The Bertz CT molecular complexity index is 1030. The number of hydrogen-bond donors (Lipinski definition) is 2. The number of carbonyl (C=O) groups is 1. The van der Waals surface area contributed by atoms with Crippen molar-refractivity contribution in [2.24, 2.45) is 0 Å². The summed E-state index contributed by atoms with van der Waals surface area (Å²) in [6, 6.07) is 14.5. The number of carbonyl (C=O) groups excluding carboxylic acids is 1. The predicted octanol–water partition coefficient (Wildman–Crippen LogP) is 5.12. The van der Waals surface area contributed by atoms with Crippen molar-refractivity contribution in [3.8, 4) is 11.6 Å². The van der Waals surface area contributed by atoms with Crippen LogP contribution in [-0.4, -0.2) is 22.5 Å². The van der Waals surface area contributed by atoms with Crippen LogP contribution in [0.1, 0.15) is 27.6 Å². The Morgan fingerprint density at radius 1 is 1.10 bits per heavy atom. The summed E-state index contributed by atoms with van der Waals surface area (Å²) in [5.74, 6) is -0.161. The van der Waals surface area contributed by atoms with Crippen molar-refractivity contribution in [3.05, 3.63) is 88.0 Å². The molecule has 0 saturated heterocycles. The topological polar surface area (TPSA) is 71.5 Å². The minimum absolute atomic E-state index is 0.0301. The quantitative estimate of drug-likeness (QED) is 0.513. The van der Waals surface area contributed by atoms with Crippen molar-refractivity contribution < 1.29 is 27.8 Å². The zero-order chi connectivity index (χ0) is 21.7. The van der Waals surface area contributed by atoms with Gasteiger partial charge in [-0.05, 0) is 48.0 Å². The van der Waals surface area contributed by atoms with Crippen LogP contribution in [0.4, 0.5) is 13.2 Å². The van der Waals surface area contributed by atoms with Crippen LogP contribution >= 0.6 is 15.9 Å². The van der Waals surface area contributed by atoms with Crippen LogP contribution in [-0.2, 0) is 6.18 Å². The third-order valence-corrected chi connectivity index (χ3v) is 4.65. The molecule has 3 rings (SSSR count). The Labute approximate surface area is 178 Å². The average Bonchev–Trinajstić information content (AvgIpc) is 2.73. The lowest BCUT2D eigenvalue weighted by atomic mass is 10.0. The molecule has 30 heavy (non-hydrogen) atoms. The fraction of sp³-hybridized carbons (Fsp3) is 0.143. The van der Waals surface area contributed by atoms with Crippen molar-refractivity contribution >= 4 is 21.8 Å². The van der Waals surface area contributed by atoms with Gasteiger partial charge in [0.1, 0.15) is 11.3 Å². The van der Waals surface area contributed by atoms with E-state index in [9.17, 15) is 23.1 Å². The molecule has 0 aliphatic rings. The van der Waals surface area contributed by atoms with Gasteiger partial charge in [0, 0.05) is 17.2 Å². The van der Waals surface area contributed by atoms with E-state index in [0.717, 1.165) is 10.5 Å². The standard InChI is InChI=1S/C21H16BrF3N2O3/c22-13-7-9-14(10-8-13)30-20-16(5-3-11-26-20)19(29)27-12-18(28)15-4-1-2-6-17(15)21(23,24)25/h1-11,18,28H,12H2,(H,27,29). The first kappa shape index (κ1) is 21.8. The Hall–Kier alpha value is -2.91. The monoisotopic (exact) mass is 480 g/mol. The molecule has 0 fully saturated rings. The highest BCUT2D eigenvalue weighted by Gasteiger charge is 2.34. The molecule has 1 atom stereocenters. The molecule has 0 saturated carbocycles. The van der Waals surface area contributed by atoms with Gasteiger partial charge in [0.15, 0.2) is 0 Å². The molecule has 156 valence electrons. The molecule has 0 spiro atoms. The zero-order valence-corrected chi connectivity index (χ0v) is 16.9. The number of nitrogens with one attached hydrogen (secondary N) is 1. The molecule has 1 heterocycles. The normalized spacial score (nSPS) is 12.3. The summed E-state index contributed by atoms with van der Waals surface area (Å²) in [5.41, 5.74) is -1.19. The molecule has 1 unspecified atom stereocenters. The van der Waals surface area contributed by atoms with Crippen molar-refractivity contribution in [2.75, 3.05) is 6.54 Å². The van der Waals surface area contributed by atoms with Gasteiger partial charge in [0.05, 0.1) is 11.7 Å². The van der Waals surface area contributed by atoms with Crippen LogP contribution in [0.15, 0.2) is 71.3 Å². The minimum Gasteiger partial charge on any atom is -0.438 e. The number of halogens is 4. The molecular formula is C21H16BrF3N2O3. The molecule has 0 aliphatic heterocycles. The van der Waals surface area contributed by atoms with E-state index < -0.39 is 30.3 Å². The van der Waals surface area contributed by atoms with Crippen LogP contribution in [0.5, 0.6) is 11.6 Å². The van der Waals surface area contributed by atoms with Crippen LogP contribution in [0, 0.1) is 0 Å². The molecule has 1 aromatic heterocycles. The molecule has 0 radical (unpaired) electrons. The number of aliphatic hydroxyl groups is 1. The maximum atomic E-state index is 13.1. The number of aliphatic hydroxyl groups excluding tert-OH is 1. The van der Waals surface area contributed by atoms with E-state index in [4.69, 9.17) is 4.74 Å². The lowest BCUT2D eigenvalue weighted by Gasteiger charge is -2.18. The highest BCUT2D eigenvalue weighted by molar-refractivity contribution is 9.10. The lowest BCUT2D eigenvalue weighted by Crippen LogP contribution is -2.29. The van der Waals surface area contributed by atoms with Gasteiger partial charge in [-0.25, -0.2) is 4.98 Å². The van der Waals surface area contributed by atoms with E-state index >= 15 is 0 Å². The Morgan fingerprint density at radius 3 is 2.50 bits per heavy atom. The van der Waals surface area contributed by atoms with Gasteiger partial charge in [0.25, 0.3) is 5.91 Å². The Kier molecular flexibility index (Phi) is 6.73. The Balaban J connectivity index is 1.72. The van der Waals surface area contributed by atoms with Crippen LogP contribution in [0.3, 0.4) is 0 Å². The van der Waals surface area contributed by atoms with Gasteiger partial charge in [-0.2, -0.15) is 13.2 Å². The molecule has 0 bridgehead atoms. The van der Waals surface area contributed by atoms with Crippen LogP contribution in [0.2, 0.25) is 0 Å². The molecule has 1 amide bonds. The molecule has 5 nitrogen and oxygen atoms in total. The predicted molar refractivity (Wildman–Crippen MR) is 107 cm³/mol. The van der Waals surface area contributed by atoms with E-state index in [-0.39, 0.29) is 17.0 Å². The first-order valence-electron chi connectivity index (χ1n) is 8.76. The van der Waals surface area contributed by atoms with E-state index in [1.54, 1.807) is 24.3 Å². The first-order valence-corrected chi connectivity index (χ1v) is 9.56. The summed E-state index contributed by atoms with van der Waals surface area (Å²) in [4.78, 5) is 16.6. The smallest absolute Gasteiger partial charge is 0.416 e. The summed E-state index contributed by atoms with van der Waals surface area (Å²) in [6.45, 7) is -0.418. The van der Waals surface area contributed by atoms with Crippen molar-refractivity contribution in [3.63, 3.8) is 0 Å². The number of pyridine rings is 1. The third kappa shape index (κ3) is 5.37. The van der Waals surface area contributed by atoms with E-state index in [1.807, 2.05) is 0 Å². The number of hydrogen-bond acceptors (Lipinski definition) is 4. The number of rotatable bonds is 6. The van der Waals surface area contributed by atoms with E-state index in [1.165, 1.54) is 36.5 Å². The maximum absolute atomic E-state index is 13.1. The summed E-state index contributed by atoms with van der Waals surface area (Å²) in [7, 11) is 0. The fourth-order valence-corrected chi connectivity index (χ4v) is 2.96. The van der Waals surface area contributed by atoms with Crippen molar-refractivity contribution in [1.29, 1.82) is 0 Å². The molecule has 9 heteroatoms. The number of benzene rings is 2. The second kappa shape index (κ2) is 9.27. The minimum atomic E-state index is -4.61. The number of nitrogens with zero attached hydrogens (tertiary/aromatic N) is 1. The molecule has 2 N–H and O–H groups in total. The second-order valence-electron chi connectivity index (χ2n) is 6.22. The van der Waals surface area contributed by atoms with Gasteiger partial charge in [-0.1, -0.05) is 34.1 Å². The number of amides is 1. The highest BCUT2D eigenvalue weighted by Crippen LogP contribution is 2.34. The molecule has 0 aliphatic carbocycles. The number of aromatic nitrogens is 1. The van der Waals surface area contributed by atoms with Crippen molar-refractivity contribution in [2.45, 2.75) is 12.3 Å². The zero-order valence-electron chi connectivity index (χ0n) is 15.4. The largest absolute Gasteiger partial charge is 0.438 e. The summed E-state index contributed by atoms with van der Waals surface area (Å²) < 4.78 is 45.9. The lowest BCUT2D eigenvalue weighted by molar-refractivity contribution is -0.139. The van der Waals surface area contributed by atoms with Gasteiger partial charge >= 0.3 is 6.18 Å². The van der Waals surface area contributed by atoms with Gasteiger partial charge in [-0.3, -0.25) is 4.79 Å². The third-order valence-electron chi connectivity index (χ3n) is 4.13. The van der Waals surface area contributed by atoms with E-state index in [2.05, 4.69) is 26.2 Å². The van der Waals surface area contributed by atoms with Crippen LogP contribution < -0.4 is 10.1 Å². The van der Waals surface area contributed by atoms with Gasteiger partial charge < -0.3 is 15.2 Å². The first-order chi connectivity index (χ1) is 14.3. The Morgan fingerprint density at radius 2 is 1.80 bits per heavy atom. The molecule has 3 aromatic rings. The number of ether oxygens (including phenoxy) is 1. The highest BCUT2D eigenvalue weighted by atomic mass is 79.9. The second-order valence-corrected chi connectivity index (χ2v) is 7.14. The summed E-state index contributed by atoms with van der Waals surface area (Å²) >= 11 is 3.31. The maximum Gasteiger partial charge on any atom is 0.416 e. The summed E-state index contributed by atoms with van der Waals surface area (Å²) in [6.07, 6.45) is -4.71.